The molecule has 0 spiro atoms. The molecular formula is C13H16BrF2NO2S. The number of hydrogen-bond donors (Lipinski definition) is 1. The van der Waals surface area contributed by atoms with E-state index in [0.29, 0.717) is 24.2 Å². The summed E-state index contributed by atoms with van der Waals surface area (Å²) in [5, 5.41) is 0.455. The van der Waals surface area contributed by atoms with Crippen molar-refractivity contribution in [2.24, 2.45) is 0 Å². The van der Waals surface area contributed by atoms with Gasteiger partial charge in [-0.1, -0.05) is 35.2 Å². The molecule has 1 aliphatic rings. The molecule has 2 rings (SSSR count). The summed E-state index contributed by atoms with van der Waals surface area (Å²) in [6.07, 6.45) is 4.27. The average Bonchev–Trinajstić information content (AvgIpc) is 2.42. The Morgan fingerprint density at radius 3 is 2.45 bits per heavy atom. The Labute approximate surface area is 125 Å². The largest absolute Gasteiger partial charge is 0.244 e. The summed E-state index contributed by atoms with van der Waals surface area (Å²) in [6, 6.07) is 2.43. The monoisotopic (exact) mass is 367 g/mol. The summed E-state index contributed by atoms with van der Waals surface area (Å²) in [4.78, 5) is -0.636. The van der Waals surface area contributed by atoms with Crippen LogP contribution in [-0.4, -0.2) is 19.3 Å². The van der Waals surface area contributed by atoms with Crippen molar-refractivity contribution in [3.05, 3.63) is 29.8 Å². The van der Waals surface area contributed by atoms with E-state index in [0.717, 1.165) is 31.4 Å². The second-order valence-electron chi connectivity index (χ2n) is 5.15. The molecule has 0 aliphatic heterocycles. The molecule has 0 radical (unpaired) electrons. The van der Waals surface area contributed by atoms with Crippen molar-refractivity contribution >= 4 is 26.0 Å². The van der Waals surface area contributed by atoms with Crippen LogP contribution in [0.3, 0.4) is 0 Å². The second kappa shape index (κ2) is 6.07. The molecule has 0 aromatic heterocycles. The molecule has 1 saturated carbocycles. The Morgan fingerprint density at radius 2 is 1.85 bits per heavy atom. The third kappa shape index (κ3) is 3.38. The molecular weight excluding hydrogens is 352 g/mol. The van der Waals surface area contributed by atoms with Gasteiger partial charge in [-0.25, -0.2) is 21.9 Å². The number of sulfonamides is 1. The zero-order chi connectivity index (χ0) is 14.8. The fraction of sp³-hybridized carbons (Fsp3) is 0.538. The highest BCUT2D eigenvalue weighted by molar-refractivity contribution is 9.09. The minimum atomic E-state index is -4.08. The van der Waals surface area contributed by atoms with Gasteiger partial charge < -0.3 is 0 Å². The summed E-state index contributed by atoms with van der Waals surface area (Å²) in [5.41, 5.74) is -0.615. The highest BCUT2D eigenvalue weighted by Crippen LogP contribution is 2.31. The zero-order valence-electron chi connectivity index (χ0n) is 10.8. The molecule has 20 heavy (non-hydrogen) atoms. The summed E-state index contributed by atoms with van der Waals surface area (Å²) in [5.74, 6) is -1.72. The van der Waals surface area contributed by atoms with Crippen molar-refractivity contribution in [2.45, 2.75) is 42.5 Å². The average molecular weight is 368 g/mol. The van der Waals surface area contributed by atoms with Crippen LogP contribution in [0.5, 0.6) is 0 Å². The molecule has 0 bridgehead atoms. The third-order valence-corrected chi connectivity index (χ3v) is 6.27. The van der Waals surface area contributed by atoms with Crippen LogP contribution in [0.4, 0.5) is 8.78 Å². The smallest absolute Gasteiger partial charge is 0.207 e. The van der Waals surface area contributed by atoms with Gasteiger partial charge in [-0.05, 0) is 31.0 Å². The lowest BCUT2D eigenvalue weighted by atomic mass is 9.84. The molecule has 1 fully saturated rings. The van der Waals surface area contributed by atoms with Gasteiger partial charge >= 0.3 is 0 Å². The minimum Gasteiger partial charge on any atom is -0.207 e. The Hall–Kier alpha value is -0.530. The Balaban J connectivity index is 2.32. The fourth-order valence-electron chi connectivity index (χ4n) is 2.51. The first-order chi connectivity index (χ1) is 9.38. The molecule has 0 atom stereocenters. The molecule has 0 saturated heterocycles. The van der Waals surface area contributed by atoms with E-state index in [1.807, 2.05) is 0 Å². The highest BCUT2D eigenvalue weighted by Gasteiger charge is 2.36. The van der Waals surface area contributed by atoms with Crippen LogP contribution in [0.2, 0.25) is 0 Å². The molecule has 1 aliphatic carbocycles. The van der Waals surface area contributed by atoms with Gasteiger partial charge in [0.05, 0.1) is 0 Å². The topological polar surface area (TPSA) is 46.2 Å². The minimum absolute atomic E-state index is 0.455. The van der Waals surface area contributed by atoms with Gasteiger partial charge in [-0.3, -0.25) is 0 Å². The van der Waals surface area contributed by atoms with Gasteiger partial charge in [0.2, 0.25) is 10.0 Å². The zero-order valence-corrected chi connectivity index (χ0v) is 13.2. The van der Waals surface area contributed by atoms with Gasteiger partial charge in [-0.15, -0.1) is 0 Å². The predicted octanol–water partition coefficient (Wildman–Crippen LogP) is 3.34. The van der Waals surface area contributed by atoms with Crippen molar-refractivity contribution in [3.8, 4) is 0 Å². The number of benzene rings is 1. The number of hydrogen-bond acceptors (Lipinski definition) is 2. The number of nitrogens with one attached hydrogen (secondary N) is 1. The summed E-state index contributed by atoms with van der Waals surface area (Å²) < 4.78 is 54.0. The lowest BCUT2D eigenvalue weighted by Crippen LogP contribution is -2.51. The van der Waals surface area contributed by atoms with Gasteiger partial charge in [0, 0.05) is 10.9 Å². The lowest BCUT2D eigenvalue weighted by Gasteiger charge is -2.36. The first-order valence-corrected chi connectivity index (χ1v) is 9.04. The molecule has 3 nitrogen and oxygen atoms in total. The maximum atomic E-state index is 13.7. The van der Waals surface area contributed by atoms with Crippen LogP contribution in [0.15, 0.2) is 23.1 Å². The van der Waals surface area contributed by atoms with E-state index in [9.17, 15) is 17.2 Å². The quantitative estimate of drug-likeness (QED) is 0.829. The van der Waals surface area contributed by atoms with Crippen LogP contribution in [0.1, 0.15) is 32.1 Å². The standard InChI is InChI=1S/C13H16BrF2NO2S/c14-9-13(6-2-1-3-7-13)17-20(18,19)12-8-10(15)4-5-11(12)16/h4-5,8,17H,1-3,6-7,9H2. The van der Waals surface area contributed by atoms with Gasteiger partial charge in [-0.2, -0.15) is 0 Å². The number of halogens is 3. The van der Waals surface area contributed by atoms with Crippen molar-refractivity contribution in [2.75, 3.05) is 5.33 Å². The fourth-order valence-corrected chi connectivity index (χ4v) is 4.95. The van der Waals surface area contributed by atoms with Crippen molar-refractivity contribution in [1.82, 2.24) is 4.72 Å². The Bertz CT molecular complexity index is 586. The van der Waals surface area contributed by atoms with E-state index in [2.05, 4.69) is 20.7 Å². The van der Waals surface area contributed by atoms with Gasteiger partial charge in [0.1, 0.15) is 16.5 Å². The van der Waals surface area contributed by atoms with E-state index in [1.165, 1.54) is 0 Å². The van der Waals surface area contributed by atoms with E-state index in [1.54, 1.807) is 0 Å². The maximum absolute atomic E-state index is 13.7. The first-order valence-electron chi connectivity index (χ1n) is 6.44. The van der Waals surface area contributed by atoms with Crippen LogP contribution >= 0.6 is 15.9 Å². The molecule has 7 heteroatoms. The molecule has 1 N–H and O–H groups in total. The molecule has 1 aromatic carbocycles. The summed E-state index contributed by atoms with van der Waals surface area (Å²) in [6.45, 7) is 0. The van der Waals surface area contributed by atoms with E-state index >= 15 is 0 Å². The van der Waals surface area contributed by atoms with Crippen LogP contribution in [0, 0.1) is 11.6 Å². The van der Waals surface area contributed by atoms with Crippen LogP contribution < -0.4 is 4.72 Å². The van der Waals surface area contributed by atoms with Crippen LogP contribution in [-0.2, 0) is 10.0 Å². The molecule has 0 heterocycles. The van der Waals surface area contributed by atoms with Gasteiger partial charge in [0.15, 0.2) is 0 Å². The third-order valence-electron chi connectivity index (χ3n) is 3.60. The molecule has 1 aromatic rings. The highest BCUT2D eigenvalue weighted by atomic mass is 79.9. The van der Waals surface area contributed by atoms with Gasteiger partial charge in [0.25, 0.3) is 0 Å². The van der Waals surface area contributed by atoms with Crippen molar-refractivity contribution in [3.63, 3.8) is 0 Å². The first kappa shape index (κ1) is 15.9. The molecule has 0 amide bonds. The van der Waals surface area contributed by atoms with Crippen molar-refractivity contribution < 1.29 is 17.2 Å². The second-order valence-corrected chi connectivity index (χ2v) is 7.37. The van der Waals surface area contributed by atoms with E-state index in [-0.39, 0.29) is 0 Å². The summed E-state index contributed by atoms with van der Waals surface area (Å²) in [7, 11) is -4.08. The van der Waals surface area contributed by atoms with Crippen molar-refractivity contribution in [1.29, 1.82) is 0 Å². The number of rotatable bonds is 4. The van der Waals surface area contributed by atoms with Crippen LogP contribution in [0.25, 0.3) is 0 Å². The Morgan fingerprint density at radius 1 is 1.20 bits per heavy atom. The van der Waals surface area contributed by atoms with E-state index < -0.39 is 32.1 Å². The maximum Gasteiger partial charge on any atom is 0.244 e. The molecule has 0 unspecified atom stereocenters. The molecule has 112 valence electrons. The number of alkyl halides is 1. The normalized spacial score (nSPS) is 18.9. The van der Waals surface area contributed by atoms with E-state index in [4.69, 9.17) is 0 Å². The lowest BCUT2D eigenvalue weighted by molar-refractivity contribution is 0.301. The predicted molar refractivity (Wildman–Crippen MR) is 76.3 cm³/mol. The summed E-state index contributed by atoms with van der Waals surface area (Å²) >= 11 is 3.33. The SMILES string of the molecule is O=S(=O)(NC1(CBr)CCCCC1)c1cc(F)ccc1F. The Kier molecular flexibility index (Phi) is 4.81.